The summed E-state index contributed by atoms with van der Waals surface area (Å²) in [5, 5.41) is 63.3. The summed E-state index contributed by atoms with van der Waals surface area (Å²) in [7, 11) is 0. The quantitative estimate of drug-likeness (QED) is 0.314. The van der Waals surface area contributed by atoms with Crippen molar-refractivity contribution in [2.75, 3.05) is 0 Å². The van der Waals surface area contributed by atoms with Gasteiger partial charge in [0.2, 0.25) is 0 Å². The molecule has 0 amide bonds. The van der Waals surface area contributed by atoms with Crippen molar-refractivity contribution < 1.29 is 35.9 Å². The van der Waals surface area contributed by atoms with E-state index in [0.717, 1.165) is 0 Å². The van der Waals surface area contributed by atoms with Gasteiger partial charge in [0.25, 0.3) is 0 Å². The van der Waals surface area contributed by atoms with E-state index in [1.165, 1.54) is 0 Å². The summed E-state index contributed by atoms with van der Waals surface area (Å²) in [6, 6.07) is 0. The van der Waals surface area contributed by atoms with Crippen molar-refractivity contribution >= 4 is 0 Å². The Kier molecular flexibility index (Phi) is 2.78. The fourth-order valence-electron chi connectivity index (χ4n) is 0.667. The van der Waals surface area contributed by atoms with Gasteiger partial charge in [-0.05, 0) is 0 Å². The van der Waals surface area contributed by atoms with Gasteiger partial charge in [-0.3, -0.25) is 0 Å². The van der Waals surface area contributed by atoms with E-state index in [0.29, 0.717) is 0 Å². The van der Waals surface area contributed by atoms with Gasteiger partial charge in [0.05, 0.1) is 0 Å². The first-order valence-electron chi connectivity index (χ1n) is 3.09. The standard InChI is InChI=1S/Ir.6NO2/c;6*2-1-3. The summed E-state index contributed by atoms with van der Waals surface area (Å²) in [6.07, 6.45) is 0. The molecule has 0 saturated heterocycles. The van der Waals surface area contributed by atoms with Gasteiger partial charge in [0, 0.05) is 0 Å². The Labute approximate surface area is 97.3 Å². The molecule has 0 unspecified atom stereocenters. The van der Waals surface area contributed by atoms with Crippen molar-refractivity contribution in [2.24, 2.45) is 0 Å². The first-order valence-corrected chi connectivity index (χ1v) is 9.51. The molecule has 0 aromatic rings. The number of hydrogen-bond donors (Lipinski definition) is 0. The molecule has 0 saturated carbocycles. The third-order valence-corrected chi connectivity index (χ3v) is 13.4. The normalized spacial score (nSPS) is 14.5. The molecular formula is IrN6O12. The van der Waals surface area contributed by atoms with E-state index in [1.807, 2.05) is 0 Å². The molecule has 0 bridgehead atoms. The topological polar surface area (TPSA) is 259 Å². The van der Waals surface area contributed by atoms with Crippen LogP contribution in [0.15, 0.2) is 0 Å². The van der Waals surface area contributed by atoms with Gasteiger partial charge < -0.3 is 0 Å². The van der Waals surface area contributed by atoms with Crippen molar-refractivity contribution in [3.8, 4) is 0 Å². The summed E-state index contributed by atoms with van der Waals surface area (Å²) in [5.41, 5.74) is 0. The van der Waals surface area contributed by atoms with E-state index in [2.05, 4.69) is 0 Å². The molecule has 0 aliphatic carbocycles. The van der Waals surface area contributed by atoms with E-state index in [9.17, 15) is 60.7 Å². The molecular weight excluding hydrogens is 468 g/mol. The summed E-state index contributed by atoms with van der Waals surface area (Å²) in [6.45, 7) is 0. The molecule has 0 aliphatic heterocycles. The predicted octanol–water partition coefficient (Wildman–Crippen LogP) is -1.64. The molecule has 0 radical (unpaired) electrons. The van der Waals surface area contributed by atoms with Crippen LogP contribution in [0.4, 0.5) is 0 Å². The maximum atomic E-state index is 10.6. The molecule has 19 heteroatoms. The summed E-state index contributed by atoms with van der Waals surface area (Å²) in [4.78, 5) is 63.3. The van der Waals surface area contributed by atoms with Crippen LogP contribution in [0.25, 0.3) is 0 Å². The number of nitrogens with zero attached hydrogens (tertiary/aromatic N) is 6. The molecule has 0 aliphatic rings. The zero-order valence-electron chi connectivity index (χ0n) is 7.92. The summed E-state index contributed by atoms with van der Waals surface area (Å²) in [5.74, 6) is 0. The zero-order valence-corrected chi connectivity index (χ0v) is 10.3. The van der Waals surface area contributed by atoms with Crippen LogP contribution in [-0.4, -0.2) is 21.6 Å². The van der Waals surface area contributed by atoms with Crippen molar-refractivity contribution in [1.82, 2.24) is 0 Å². The van der Waals surface area contributed by atoms with Crippen molar-refractivity contribution in [3.63, 3.8) is 0 Å². The van der Waals surface area contributed by atoms with E-state index < -0.39 is 35.9 Å². The Hall–Kier alpha value is -2.95. The monoisotopic (exact) mass is 469 g/mol. The van der Waals surface area contributed by atoms with E-state index >= 15 is 0 Å². The Bertz CT molecular complexity index is 425. The van der Waals surface area contributed by atoms with Gasteiger partial charge in [0.15, 0.2) is 0 Å². The molecule has 0 aromatic heterocycles. The van der Waals surface area contributed by atoms with Gasteiger partial charge in [-0.25, -0.2) is 0 Å². The molecule has 0 fully saturated rings. The van der Waals surface area contributed by atoms with E-state index in [-0.39, 0.29) is 0 Å². The second kappa shape index (κ2) is 3.29. The molecule has 0 N–H and O–H groups in total. The van der Waals surface area contributed by atoms with Crippen LogP contribution in [0.1, 0.15) is 0 Å². The number of nitro groups is 6. The zero-order chi connectivity index (χ0) is 15.9. The summed E-state index contributed by atoms with van der Waals surface area (Å²) >= 11 is -11.1. The molecule has 0 aromatic carbocycles. The van der Waals surface area contributed by atoms with Gasteiger partial charge in [-0.1, -0.05) is 0 Å². The van der Waals surface area contributed by atoms with Gasteiger partial charge in [0.1, 0.15) is 0 Å². The maximum absolute atomic E-state index is 11.1. The van der Waals surface area contributed by atoms with Gasteiger partial charge in [-0.15, -0.1) is 0 Å². The van der Waals surface area contributed by atoms with E-state index in [1.54, 1.807) is 0 Å². The number of rotatable bonds is 6. The SMILES string of the molecule is O=[N+]([O-])[Ir]([N+](=O)[O-])([N+](=O)[O-])([N+](=O)[O-])([N+](=O)[O-])[N+](=O)[O-]. The molecule has 0 heterocycles. The summed E-state index contributed by atoms with van der Waals surface area (Å²) < 4.78 is -19.2. The first kappa shape index (κ1) is 16.0. The molecule has 0 atom stereocenters. The Morgan fingerprint density at radius 3 is 0.526 bits per heavy atom. The molecule has 18 nitrogen and oxygen atoms in total. The average Bonchev–Trinajstić information content (AvgIpc) is 2.15. The molecule has 19 heavy (non-hydrogen) atoms. The minimum atomic E-state index is -11.1. The average molecular weight is 468 g/mol. The molecule has 0 spiro atoms. The van der Waals surface area contributed by atoms with Gasteiger partial charge >= 0.3 is 96.6 Å². The third-order valence-electron chi connectivity index (χ3n) is 1.63. The van der Waals surface area contributed by atoms with Crippen LogP contribution < -0.4 is 0 Å². The minimum absolute atomic E-state index is 3.21. The van der Waals surface area contributed by atoms with E-state index in [4.69, 9.17) is 0 Å². The first-order chi connectivity index (χ1) is 8.34. The van der Waals surface area contributed by atoms with Gasteiger partial charge in [-0.2, -0.15) is 0 Å². The Morgan fingerprint density at radius 1 is 0.421 bits per heavy atom. The fourth-order valence-corrected chi connectivity index (χ4v) is 5.46. The predicted molar refractivity (Wildman–Crippen MR) is 42.0 cm³/mol. The van der Waals surface area contributed by atoms with Crippen molar-refractivity contribution in [3.05, 3.63) is 60.7 Å². The van der Waals surface area contributed by atoms with Crippen LogP contribution in [0.3, 0.4) is 0 Å². The second-order valence-corrected chi connectivity index (χ2v) is 14.6. The fraction of sp³-hybridized carbons (Fsp3) is 0. The molecule has 111 valence electrons. The van der Waals surface area contributed by atoms with Crippen LogP contribution in [0.2, 0.25) is 0 Å². The number of hydrogen-bond acceptors (Lipinski definition) is 12. The van der Waals surface area contributed by atoms with Crippen molar-refractivity contribution in [1.29, 1.82) is 0 Å². The van der Waals surface area contributed by atoms with Crippen LogP contribution in [0.5, 0.6) is 0 Å². The van der Waals surface area contributed by atoms with Crippen LogP contribution >= 0.6 is 0 Å². The third kappa shape index (κ3) is 0.787. The molecule has 0 rings (SSSR count). The van der Waals surface area contributed by atoms with Crippen LogP contribution in [0, 0.1) is 60.7 Å². The Balaban J connectivity index is 8.00. The second-order valence-electron chi connectivity index (χ2n) is 2.18. The Morgan fingerprint density at radius 2 is 0.526 bits per heavy atom. The van der Waals surface area contributed by atoms with Crippen LogP contribution in [-0.2, 0) is 14.3 Å². The van der Waals surface area contributed by atoms with Crippen molar-refractivity contribution in [2.45, 2.75) is 0 Å².